The predicted molar refractivity (Wildman–Crippen MR) is 73.7 cm³/mol. The Morgan fingerprint density at radius 2 is 2.00 bits per heavy atom. The second kappa shape index (κ2) is 7.76. The van der Waals surface area contributed by atoms with E-state index in [1.807, 2.05) is 26.0 Å². The summed E-state index contributed by atoms with van der Waals surface area (Å²) in [5.74, 6) is 0.357. The largest absolute Gasteiger partial charge is 0.484 e. The molecule has 0 saturated heterocycles. The first-order valence-corrected chi connectivity index (χ1v) is 6.37. The van der Waals surface area contributed by atoms with Crippen LogP contribution in [0.1, 0.15) is 19.4 Å². The van der Waals surface area contributed by atoms with Crippen molar-refractivity contribution in [2.75, 3.05) is 13.2 Å². The van der Waals surface area contributed by atoms with Crippen LogP contribution >= 0.6 is 0 Å². The van der Waals surface area contributed by atoms with Crippen LogP contribution in [0.3, 0.4) is 0 Å². The highest BCUT2D eigenvalue weighted by Gasteiger charge is 2.09. The topological polar surface area (TPSA) is 84.6 Å². The minimum absolute atomic E-state index is 0.108. The predicted octanol–water partition coefficient (Wildman–Crippen LogP) is 0.657. The smallest absolute Gasteiger partial charge is 0.255 e. The molecule has 0 aliphatic heterocycles. The number of rotatable bonds is 8. The number of benzene rings is 1. The number of primary amides is 1. The molecular formula is C14H22N2O3. The van der Waals surface area contributed by atoms with E-state index >= 15 is 0 Å². The molecule has 0 aromatic heterocycles. The maximum atomic E-state index is 10.6. The summed E-state index contributed by atoms with van der Waals surface area (Å²) in [4.78, 5) is 10.6. The third-order valence-electron chi connectivity index (χ3n) is 3.07. The van der Waals surface area contributed by atoms with E-state index in [0.717, 1.165) is 12.1 Å². The molecule has 0 saturated carbocycles. The molecule has 0 spiro atoms. The minimum atomic E-state index is -0.488. The Hall–Kier alpha value is -1.59. The van der Waals surface area contributed by atoms with Gasteiger partial charge in [-0.05, 0) is 30.5 Å². The number of carbonyl (C=O) groups is 1. The first-order valence-electron chi connectivity index (χ1n) is 6.37. The zero-order chi connectivity index (χ0) is 14.3. The van der Waals surface area contributed by atoms with Gasteiger partial charge in [0.1, 0.15) is 5.75 Å². The van der Waals surface area contributed by atoms with Gasteiger partial charge in [0.2, 0.25) is 0 Å². The van der Waals surface area contributed by atoms with Gasteiger partial charge in [0.25, 0.3) is 5.91 Å². The van der Waals surface area contributed by atoms with E-state index in [4.69, 9.17) is 15.6 Å². The van der Waals surface area contributed by atoms with Crippen LogP contribution in [0, 0.1) is 5.92 Å². The highest BCUT2D eigenvalue weighted by atomic mass is 16.5. The van der Waals surface area contributed by atoms with Crippen molar-refractivity contribution in [2.24, 2.45) is 11.7 Å². The Labute approximate surface area is 113 Å². The van der Waals surface area contributed by atoms with Crippen molar-refractivity contribution in [1.82, 2.24) is 5.32 Å². The maximum absolute atomic E-state index is 10.6. The maximum Gasteiger partial charge on any atom is 0.255 e. The minimum Gasteiger partial charge on any atom is -0.484 e. The van der Waals surface area contributed by atoms with Gasteiger partial charge >= 0.3 is 0 Å². The van der Waals surface area contributed by atoms with E-state index in [2.05, 4.69) is 5.32 Å². The van der Waals surface area contributed by atoms with Gasteiger partial charge in [-0.2, -0.15) is 0 Å². The quantitative estimate of drug-likeness (QED) is 0.645. The molecule has 5 nitrogen and oxygen atoms in total. The van der Waals surface area contributed by atoms with E-state index < -0.39 is 5.91 Å². The number of hydrogen-bond donors (Lipinski definition) is 3. The van der Waals surface area contributed by atoms with Gasteiger partial charge in [-0.1, -0.05) is 19.1 Å². The van der Waals surface area contributed by atoms with Crippen LogP contribution < -0.4 is 15.8 Å². The van der Waals surface area contributed by atoms with Gasteiger partial charge in [-0.15, -0.1) is 0 Å². The second-order valence-electron chi connectivity index (χ2n) is 4.73. The van der Waals surface area contributed by atoms with E-state index in [1.165, 1.54) is 0 Å². The first kappa shape index (κ1) is 15.5. The monoisotopic (exact) mass is 266 g/mol. The summed E-state index contributed by atoms with van der Waals surface area (Å²) >= 11 is 0. The van der Waals surface area contributed by atoms with E-state index in [1.54, 1.807) is 12.1 Å². The van der Waals surface area contributed by atoms with Crippen LogP contribution in [0.2, 0.25) is 0 Å². The number of nitrogens with one attached hydrogen (secondary N) is 1. The molecule has 0 heterocycles. The first-order chi connectivity index (χ1) is 9.02. The van der Waals surface area contributed by atoms with Crippen LogP contribution in [0.15, 0.2) is 24.3 Å². The fourth-order valence-corrected chi connectivity index (χ4v) is 1.50. The van der Waals surface area contributed by atoms with Crippen molar-refractivity contribution < 1.29 is 14.6 Å². The molecule has 1 aromatic rings. The molecule has 1 aromatic carbocycles. The van der Waals surface area contributed by atoms with Crippen LogP contribution in [0.5, 0.6) is 5.75 Å². The van der Waals surface area contributed by atoms with E-state index in [9.17, 15) is 4.79 Å². The SMILES string of the molecule is CC(CO)C(C)NCc1ccc(OCC(N)=O)cc1. The molecule has 2 atom stereocenters. The standard InChI is InChI=1S/C14H22N2O3/c1-10(8-17)11(2)16-7-12-3-5-13(6-4-12)19-9-14(15)18/h3-6,10-11,16-17H,7-9H2,1-2H3,(H2,15,18). The number of ether oxygens (including phenoxy) is 1. The lowest BCUT2D eigenvalue weighted by Crippen LogP contribution is -2.33. The molecule has 0 radical (unpaired) electrons. The zero-order valence-corrected chi connectivity index (χ0v) is 11.4. The summed E-state index contributed by atoms with van der Waals surface area (Å²) in [6.45, 7) is 4.84. The van der Waals surface area contributed by atoms with Crippen LogP contribution in [-0.2, 0) is 11.3 Å². The molecule has 0 aliphatic carbocycles. The normalized spacial score (nSPS) is 13.8. The van der Waals surface area contributed by atoms with Gasteiger partial charge in [-0.3, -0.25) is 4.79 Å². The Morgan fingerprint density at radius 3 is 2.53 bits per heavy atom. The van der Waals surface area contributed by atoms with Gasteiger partial charge in [0.05, 0.1) is 0 Å². The van der Waals surface area contributed by atoms with Crippen molar-refractivity contribution in [1.29, 1.82) is 0 Å². The van der Waals surface area contributed by atoms with Gasteiger partial charge in [-0.25, -0.2) is 0 Å². The van der Waals surface area contributed by atoms with Crippen LogP contribution in [-0.4, -0.2) is 30.3 Å². The molecule has 2 unspecified atom stereocenters. The Morgan fingerprint density at radius 1 is 1.37 bits per heavy atom. The second-order valence-corrected chi connectivity index (χ2v) is 4.73. The van der Waals surface area contributed by atoms with Crippen molar-refractivity contribution in [3.8, 4) is 5.75 Å². The molecule has 4 N–H and O–H groups in total. The summed E-state index contributed by atoms with van der Waals surface area (Å²) in [6.07, 6.45) is 0. The summed E-state index contributed by atoms with van der Waals surface area (Å²) in [6, 6.07) is 7.72. The molecule has 106 valence electrons. The summed E-state index contributed by atoms with van der Waals surface area (Å²) < 4.78 is 5.18. The number of amides is 1. The summed E-state index contributed by atoms with van der Waals surface area (Å²) in [5, 5.41) is 12.4. The number of aliphatic hydroxyl groups excluding tert-OH is 1. The molecule has 1 rings (SSSR count). The fraction of sp³-hybridized carbons (Fsp3) is 0.500. The van der Waals surface area contributed by atoms with Crippen LogP contribution in [0.25, 0.3) is 0 Å². The third-order valence-corrected chi connectivity index (χ3v) is 3.07. The van der Waals surface area contributed by atoms with Gasteiger partial charge in [0.15, 0.2) is 6.61 Å². The Kier molecular flexibility index (Phi) is 6.32. The number of hydrogen-bond acceptors (Lipinski definition) is 4. The molecule has 0 bridgehead atoms. The summed E-state index contributed by atoms with van der Waals surface area (Å²) in [7, 11) is 0. The zero-order valence-electron chi connectivity index (χ0n) is 11.4. The van der Waals surface area contributed by atoms with E-state index in [-0.39, 0.29) is 25.2 Å². The summed E-state index contributed by atoms with van der Waals surface area (Å²) in [5.41, 5.74) is 6.11. The number of carbonyl (C=O) groups excluding carboxylic acids is 1. The van der Waals surface area contributed by atoms with Crippen molar-refractivity contribution in [3.05, 3.63) is 29.8 Å². The van der Waals surface area contributed by atoms with Gasteiger partial charge < -0.3 is 20.9 Å². The van der Waals surface area contributed by atoms with Crippen LogP contribution in [0.4, 0.5) is 0 Å². The molecule has 1 amide bonds. The molecule has 0 aliphatic rings. The Bertz CT molecular complexity index is 392. The average molecular weight is 266 g/mol. The lowest BCUT2D eigenvalue weighted by Gasteiger charge is -2.19. The molecular weight excluding hydrogens is 244 g/mol. The molecule has 19 heavy (non-hydrogen) atoms. The lowest BCUT2D eigenvalue weighted by atomic mass is 10.0. The third kappa shape index (κ3) is 5.72. The lowest BCUT2D eigenvalue weighted by molar-refractivity contribution is -0.119. The Balaban J connectivity index is 2.41. The van der Waals surface area contributed by atoms with Crippen molar-refractivity contribution in [2.45, 2.75) is 26.4 Å². The highest BCUT2D eigenvalue weighted by molar-refractivity contribution is 5.75. The fourth-order valence-electron chi connectivity index (χ4n) is 1.50. The highest BCUT2D eigenvalue weighted by Crippen LogP contribution is 2.12. The number of aliphatic hydroxyl groups is 1. The van der Waals surface area contributed by atoms with Crippen molar-refractivity contribution in [3.63, 3.8) is 0 Å². The van der Waals surface area contributed by atoms with E-state index in [0.29, 0.717) is 5.75 Å². The molecule has 5 heteroatoms. The molecule has 0 fully saturated rings. The number of nitrogens with two attached hydrogens (primary N) is 1. The van der Waals surface area contributed by atoms with Crippen molar-refractivity contribution >= 4 is 5.91 Å². The van der Waals surface area contributed by atoms with Gasteiger partial charge in [0, 0.05) is 19.2 Å². The average Bonchev–Trinajstić information content (AvgIpc) is 2.42.